The lowest BCUT2D eigenvalue weighted by atomic mass is 10.1. The summed E-state index contributed by atoms with van der Waals surface area (Å²) in [5.41, 5.74) is 0.0644. The fourth-order valence-electron chi connectivity index (χ4n) is 2.09. The molecule has 1 aliphatic rings. The van der Waals surface area contributed by atoms with Crippen molar-refractivity contribution in [1.29, 1.82) is 0 Å². The van der Waals surface area contributed by atoms with E-state index in [1.54, 1.807) is 6.07 Å². The molecule has 0 bridgehead atoms. The van der Waals surface area contributed by atoms with Crippen molar-refractivity contribution in [3.05, 3.63) is 29.8 Å². The predicted octanol–water partition coefficient (Wildman–Crippen LogP) is 2.93. The number of nitrogens with one attached hydrogen (secondary N) is 1. The maximum absolute atomic E-state index is 12.6. The van der Waals surface area contributed by atoms with Gasteiger partial charge in [-0.05, 0) is 25.1 Å². The van der Waals surface area contributed by atoms with Gasteiger partial charge in [0.1, 0.15) is 0 Å². The van der Waals surface area contributed by atoms with Gasteiger partial charge in [-0.3, -0.25) is 0 Å². The van der Waals surface area contributed by atoms with E-state index >= 15 is 0 Å². The van der Waals surface area contributed by atoms with Gasteiger partial charge < -0.3 is 10.2 Å². The van der Waals surface area contributed by atoms with Crippen LogP contribution in [-0.2, 0) is 6.18 Å². The van der Waals surface area contributed by atoms with Crippen LogP contribution in [0.4, 0.5) is 18.9 Å². The van der Waals surface area contributed by atoms with Crippen LogP contribution in [0.1, 0.15) is 12.5 Å². The van der Waals surface area contributed by atoms with Crippen LogP contribution in [0.25, 0.3) is 0 Å². The summed E-state index contributed by atoms with van der Waals surface area (Å²) in [6.07, 6.45) is -4.27. The topological polar surface area (TPSA) is 15.3 Å². The zero-order valence-corrected chi connectivity index (χ0v) is 10.8. The molecule has 0 saturated carbocycles. The second kappa shape index (κ2) is 5.80. The first-order chi connectivity index (χ1) is 7.98. The molecule has 6 heteroatoms. The molecule has 1 heterocycles. The number of rotatable bonds is 1. The Morgan fingerprint density at radius 3 is 2.67 bits per heavy atom. The summed E-state index contributed by atoms with van der Waals surface area (Å²) in [5.74, 6) is 0. The first-order valence-corrected chi connectivity index (χ1v) is 5.63. The molecular formula is C12H16ClF3N2. The van der Waals surface area contributed by atoms with Gasteiger partial charge >= 0.3 is 6.18 Å². The van der Waals surface area contributed by atoms with E-state index in [1.165, 1.54) is 12.1 Å². The second-order valence-corrected chi connectivity index (χ2v) is 4.29. The number of alkyl halides is 3. The normalized spacial score (nSPS) is 20.4. The Hall–Kier alpha value is -0.940. The van der Waals surface area contributed by atoms with E-state index in [2.05, 4.69) is 5.32 Å². The van der Waals surface area contributed by atoms with Gasteiger partial charge in [0.05, 0.1) is 5.56 Å². The summed E-state index contributed by atoms with van der Waals surface area (Å²) < 4.78 is 37.8. The third-order valence-corrected chi connectivity index (χ3v) is 3.01. The number of piperazine rings is 1. The Balaban J connectivity index is 0.00000162. The van der Waals surface area contributed by atoms with Crippen molar-refractivity contribution >= 4 is 18.1 Å². The van der Waals surface area contributed by atoms with Crippen LogP contribution in [0.15, 0.2) is 24.3 Å². The Morgan fingerprint density at radius 2 is 2.06 bits per heavy atom. The van der Waals surface area contributed by atoms with Gasteiger partial charge in [0, 0.05) is 31.4 Å². The summed E-state index contributed by atoms with van der Waals surface area (Å²) >= 11 is 0. The molecule has 0 radical (unpaired) electrons. The molecule has 0 amide bonds. The number of nitrogens with zero attached hydrogens (tertiary/aromatic N) is 1. The molecule has 0 unspecified atom stereocenters. The highest BCUT2D eigenvalue weighted by atomic mass is 35.5. The highest BCUT2D eigenvalue weighted by molar-refractivity contribution is 5.85. The van der Waals surface area contributed by atoms with Gasteiger partial charge in [0.2, 0.25) is 0 Å². The second-order valence-electron chi connectivity index (χ2n) is 4.29. The molecule has 1 saturated heterocycles. The van der Waals surface area contributed by atoms with Crippen LogP contribution in [-0.4, -0.2) is 25.7 Å². The molecule has 18 heavy (non-hydrogen) atoms. The maximum atomic E-state index is 12.6. The van der Waals surface area contributed by atoms with E-state index < -0.39 is 11.7 Å². The molecule has 1 atom stereocenters. The molecule has 0 aliphatic carbocycles. The first-order valence-electron chi connectivity index (χ1n) is 5.63. The molecule has 1 N–H and O–H groups in total. The SMILES string of the molecule is C[C@H]1CNCCN1c1cccc(C(F)(F)F)c1.Cl. The monoisotopic (exact) mass is 280 g/mol. The lowest BCUT2D eigenvalue weighted by Crippen LogP contribution is -2.49. The van der Waals surface area contributed by atoms with Gasteiger partial charge in [-0.2, -0.15) is 13.2 Å². The number of benzene rings is 1. The van der Waals surface area contributed by atoms with E-state index in [1.807, 2.05) is 11.8 Å². The van der Waals surface area contributed by atoms with E-state index in [0.717, 1.165) is 25.7 Å². The minimum Gasteiger partial charge on any atom is -0.366 e. The lowest BCUT2D eigenvalue weighted by Gasteiger charge is -2.36. The number of hydrogen-bond donors (Lipinski definition) is 1. The largest absolute Gasteiger partial charge is 0.416 e. The molecule has 102 valence electrons. The van der Waals surface area contributed by atoms with Crippen LogP contribution in [0.3, 0.4) is 0 Å². The van der Waals surface area contributed by atoms with Crippen LogP contribution in [0, 0.1) is 0 Å². The molecule has 2 nitrogen and oxygen atoms in total. The van der Waals surface area contributed by atoms with E-state index in [-0.39, 0.29) is 18.4 Å². The zero-order valence-electron chi connectivity index (χ0n) is 10.00. The van der Waals surface area contributed by atoms with E-state index in [9.17, 15) is 13.2 Å². The van der Waals surface area contributed by atoms with Crippen molar-refractivity contribution in [3.63, 3.8) is 0 Å². The average molecular weight is 281 g/mol. The van der Waals surface area contributed by atoms with Crippen LogP contribution < -0.4 is 10.2 Å². The van der Waals surface area contributed by atoms with Crippen molar-refractivity contribution in [3.8, 4) is 0 Å². The van der Waals surface area contributed by atoms with Crippen LogP contribution in [0.5, 0.6) is 0 Å². The predicted molar refractivity (Wildman–Crippen MR) is 68.4 cm³/mol. The third-order valence-electron chi connectivity index (χ3n) is 3.01. The minimum absolute atomic E-state index is 0. The zero-order chi connectivity index (χ0) is 12.5. The van der Waals surface area contributed by atoms with Gasteiger partial charge in [-0.1, -0.05) is 6.07 Å². The van der Waals surface area contributed by atoms with Crippen LogP contribution >= 0.6 is 12.4 Å². The first kappa shape index (κ1) is 15.1. The van der Waals surface area contributed by atoms with E-state index in [0.29, 0.717) is 5.69 Å². The van der Waals surface area contributed by atoms with Crippen molar-refractivity contribution in [2.24, 2.45) is 0 Å². The molecule has 1 aliphatic heterocycles. The highest BCUT2D eigenvalue weighted by Crippen LogP contribution is 2.32. The van der Waals surface area contributed by atoms with Crippen molar-refractivity contribution in [2.45, 2.75) is 19.1 Å². The smallest absolute Gasteiger partial charge is 0.366 e. The molecule has 0 spiro atoms. The standard InChI is InChI=1S/C12H15F3N2.ClH/c1-9-8-16-5-6-17(9)11-4-2-3-10(7-11)12(13,14)15;/h2-4,7,9,16H,5-6,8H2,1H3;1H/t9-;/m0./s1. The third kappa shape index (κ3) is 3.29. The Bertz CT molecular complexity index is 395. The average Bonchev–Trinajstić information content (AvgIpc) is 2.29. The Kier molecular flexibility index (Phi) is 4.87. The van der Waals surface area contributed by atoms with E-state index in [4.69, 9.17) is 0 Å². The van der Waals surface area contributed by atoms with Gasteiger partial charge in [-0.15, -0.1) is 12.4 Å². The molecule has 1 aromatic carbocycles. The Labute approximate surface area is 111 Å². The summed E-state index contributed by atoms with van der Waals surface area (Å²) in [6.45, 7) is 4.35. The van der Waals surface area contributed by atoms with Crippen molar-refractivity contribution in [1.82, 2.24) is 5.32 Å². The summed E-state index contributed by atoms with van der Waals surface area (Å²) in [4.78, 5) is 2.01. The number of anilines is 1. The molecule has 2 rings (SSSR count). The minimum atomic E-state index is -4.27. The highest BCUT2D eigenvalue weighted by Gasteiger charge is 2.31. The van der Waals surface area contributed by atoms with Gasteiger partial charge in [0.25, 0.3) is 0 Å². The van der Waals surface area contributed by atoms with Crippen molar-refractivity contribution in [2.75, 3.05) is 24.5 Å². The molecule has 1 fully saturated rings. The summed E-state index contributed by atoms with van der Waals surface area (Å²) in [7, 11) is 0. The lowest BCUT2D eigenvalue weighted by molar-refractivity contribution is -0.137. The quantitative estimate of drug-likeness (QED) is 0.851. The summed E-state index contributed by atoms with van der Waals surface area (Å²) in [6, 6.07) is 5.74. The molecular weight excluding hydrogens is 265 g/mol. The molecule has 0 aromatic heterocycles. The fourth-order valence-corrected chi connectivity index (χ4v) is 2.09. The Morgan fingerprint density at radius 1 is 1.33 bits per heavy atom. The van der Waals surface area contributed by atoms with Gasteiger partial charge in [0.15, 0.2) is 0 Å². The number of hydrogen-bond acceptors (Lipinski definition) is 2. The van der Waals surface area contributed by atoms with Crippen molar-refractivity contribution < 1.29 is 13.2 Å². The maximum Gasteiger partial charge on any atom is 0.416 e. The van der Waals surface area contributed by atoms with Gasteiger partial charge in [-0.25, -0.2) is 0 Å². The molecule has 1 aromatic rings. The fraction of sp³-hybridized carbons (Fsp3) is 0.500. The number of halogens is 4. The summed E-state index contributed by atoms with van der Waals surface area (Å²) in [5, 5.41) is 3.22. The van der Waals surface area contributed by atoms with Crippen LogP contribution in [0.2, 0.25) is 0 Å².